The van der Waals surface area contributed by atoms with E-state index in [1.54, 1.807) is 6.07 Å². The van der Waals surface area contributed by atoms with Crippen LogP contribution < -0.4 is 4.74 Å². The quantitative estimate of drug-likeness (QED) is 0.441. The number of halogens is 6. The van der Waals surface area contributed by atoms with Gasteiger partial charge in [0.05, 0.1) is 10.4 Å². The zero-order chi connectivity index (χ0) is 15.6. The summed E-state index contributed by atoms with van der Waals surface area (Å²) in [5.74, 6) is -0.594. The Morgan fingerprint density at radius 3 is 2.52 bits per heavy atom. The largest absolute Gasteiger partial charge is 0.435 e. The third-order valence-electron chi connectivity index (χ3n) is 2.69. The summed E-state index contributed by atoms with van der Waals surface area (Å²) in [7, 11) is 0. The molecule has 2 aromatic rings. The average molecular weight is 400 g/mol. The smallest absolute Gasteiger partial charge is 0.387 e. The molecule has 1 unspecified atom stereocenters. The summed E-state index contributed by atoms with van der Waals surface area (Å²) >= 11 is 15.2. The third kappa shape index (κ3) is 4.05. The van der Waals surface area contributed by atoms with Gasteiger partial charge in [0.1, 0.15) is 11.6 Å². The van der Waals surface area contributed by atoms with Gasteiger partial charge in [-0.05, 0) is 45.8 Å². The molecule has 2 rings (SSSR count). The minimum atomic E-state index is -2.94. The van der Waals surface area contributed by atoms with Gasteiger partial charge in [0.15, 0.2) is 0 Å². The van der Waals surface area contributed by atoms with Gasteiger partial charge in [-0.1, -0.05) is 23.7 Å². The molecule has 0 heterocycles. The number of rotatable bonds is 4. The minimum Gasteiger partial charge on any atom is -0.435 e. The van der Waals surface area contributed by atoms with Crippen molar-refractivity contribution in [3.05, 3.63) is 62.8 Å². The molecule has 2 aromatic carbocycles. The van der Waals surface area contributed by atoms with Crippen molar-refractivity contribution in [2.45, 2.75) is 12.0 Å². The Bertz CT molecular complexity index is 652. The van der Waals surface area contributed by atoms with E-state index < -0.39 is 17.8 Å². The van der Waals surface area contributed by atoms with E-state index in [4.69, 9.17) is 23.2 Å². The second-order valence-corrected chi connectivity index (χ2v) is 5.80. The fourth-order valence-corrected chi connectivity index (χ4v) is 2.55. The van der Waals surface area contributed by atoms with Gasteiger partial charge < -0.3 is 4.74 Å². The number of alkyl halides is 3. The summed E-state index contributed by atoms with van der Waals surface area (Å²) in [5.41, 5.74) is 0.575. The highest BCUT2D eigenvalue weighted by Crippen LogP contribution is 2.36. The molecule has 0 saturated heterocycles. The fraction of sp³-hybridized carbons (Fsp3) is 0.143. The molecule has 112 valence electrons. The zero-order valence-electron chi connectivity index (χ0n) is 10.3. The van der Waals surface area contributed by atoms with E-state index >= 15 is 0 Å². The lowest BCUT2D eigenvalue weighted by Crippen LogP contribution is -2.03. The number of benzene rings is 2. The SMILES string of the molecule is Fc1cc(Br)c(Cl)cc1C(Cl)c1cccc(OC(F)F)c1. The van der Waals surface area contributed by atoms with E-state index in [9.17, 15) is 13.2 Å². The Kier molecular flexibility index (Phi) is 5.41. The van der Waals surface area contributed by atoms with Crippen LogP contribution in [0.15, 0.2) is 40.9 Å². The Morgan fingerprint density at radius 2 is 1.86 bits per heavy atom. The maximum Gasteiger partial charge on any atom is 0.387 e. The maximum absolute atomic E-state index is 14.0. The molecule has 0 saturated carbocycles. The topological polar surface area (TPSA) is 9.23 Å². The van der Waals surface area contributed by atoms with Crippen molar-refractivity contribution in [3.8, 4) is 5.75 Å². The normalized spacial score (nSPS) is 12.5. The number of ether oxygens (including phenoxy) is 1. The molecule has 1 nitrogen and oxygen atoms in total. The molecule has 0 radical (unpaired) electrons. The number of hydrogen-bond acceptors (Lipinski definition) is 1. The van der Waals surface area contributed by atoms with Gasteiger partial charge in [0, 0.05) is 10.0 Å². The Morgan fingerprint density at radius 1 is 1.14 bits per heavy atom. The lowest BCUT2D eigenvalue weighted by Gasteiger charge is -2.14. The predicted octanol–water partition coefficient (Wildman–Crippen LogP) is 6.17. The molecule has 0 aliphatic rings. The van der Waals surface area contributed by atoms with E-state index in [1.807, 2.05) is 0 Å². The molecule has 7 heteroatoms. The first-order valence-electron chi connectivity index (χ1n) is 5.71. The first kappa shape index (κ1) is 16.5. The fourth-order valence-electron chi connectivity index (χ4n) is 1.76. The highest BCUT2D eigenvalue weighted by atomic mass is 79.9. The van der Waals surface area contributed by atoms with E-state index in [1.165, 1.54) is 30.3 Å². The van der Waals surface area contributed by atoms with Crippen LogP contribution in [0, 0.1) is 5.82 Å². The maximum atomic E-state index is 14.0. The van der Waals surface area contributed by atoms with Crippen LogP contribution in [-0.4, -0.2) is 6.61 Å². The van der Waals surface area contributed by atoms with Crippen LogP contribution >= 0.6 is 39.1 Å². The Labute approximate surface area is 137 Å². The summed E-state index contributed by atoms with van der Waals surface area (Å²) in [6.45, 7) is -2.94. The lowest BCUT2D eigenvalue weighted by atomic mass is 10.0. The summed E-state index contributed by atoms with van der Waals surface area (Å²) in [4.78, 5) is 0. The molecule has 0 aliphatic carbocycles. The summed E-state index contributed by atoms with van der Waals surface area (Å²) in [5, 5.41) is -0.575. The van der Waals surface area contributed by atoms with Crippen LogP contribution in [0.1, 0.15) is 16.5 Å². The van der Waals surface area contributed by atoms with Crippen LogP contribution in [0.2, 0.25) is 5.02 Å². The molecule has 0 fully saturated rings. The van der Waals surface area contributed by atoms with Crippen molar-refractivity contribution in [2.75, 3.05) is 0 Å². The molecule has 0 amide bonds. The first-order chi connectivity index (χ1) is 9.88. The van der Waals surface area contributed by atoms with Crippen molar-refractivity contribution < 1.29 is 17.9 Å². The molecule has 0 N–H and O–H groups in total. The standard InChI is InChI=1S/C14H8BrCl2F3O/c15-10-6-12(18)9(5-11(10)16)13(17)7-2-1-3-8(4-7)21-14(19)20/h1-6,13-14H. The zero-order valence-corrected chi connectivity index (χ0v) is 13.4. The second-order valence-electron chi connectivity index (χ2n) is 4.10. The van der Waals surface area contributed by atoms with Gasteiger partial charge in [0.2, 0.25) is 0 Å². The summed E-state index contributed by atoms with van der Waals surface area (Å²) in [6, 6.07) is 8.38. The van der Waals surface area contributed by atoms with Gasteiger partial charge in [-0.15, -0.1) is 11.6 Å². The highest BCUT2D eigenvalue weighted by molar-refractivity contribution is 9.10. The average Bonchev–Trinajstić information content (AvgIpc) is 2.41. The first-order valence-corrected chi connectivity index (χ1v) is 7.32. The van der Waals surface area contributed by atoms with Crippen LogP contribution in [-0.2, 0) is 0 Å². The van der Waals surface area contributed by atoms with Crippen molar-refractivity contribution in [2.24, 2.45) is 0 Å². The Hall–Kier alpha value is -0.910. The highest BCUT2D eigenvalue weighted by Gasteiger charge is 2.18. The molecule has 0 spiro atoms. The molecule has 21 heavy (non-hydrogen) atoms. The van der Waals surface area contributed by atoms with Crippen molar-refractivity contribution in [1.29, 1.82) is 0 Å². The molecular weight excluding hydrogens is 392 g/mol. The monoisotopic (exact) mass is 398 g/mol. The van der Waals surface area contributed by atoms with Gasteiger partial charge >= 0.3 is 6.61 Å². The Balaban J connectivity index is 2.36. The molecule has 0 aromatic heterocycles. The lowest BCUT2D eigenvalue weighted by molar-refractivity contribution is -0.0498. The van der Waals surface area contributed by atoms with Crippen molar-refractivity contribution in [1.82, 2.24) is 0 Å². The van der Waals surface area contributed by atoms with Crippen molar-refractivity contribution >= 4 is 39.1 Å². The van der Waals surface area contributed by atoms with Gasteiger partial charge in [0.25, 0.3) is 0 Å². The molecular formula is C14H8BrCl2F3O. The van der Waals surface area contributed by atoms with Gasteiger partial charge in [-0.3, -0.25) is 0 Å². The van der Waals surface area contributed by atoms with E-state index in [-0.39, 0.29) is 11.3 Å². The third-order valence-corrected chi connectivity index (χ3v) is 4.37. The van der Waals surface area contributed by atoms with Crippen molar-refractivity contribution in [3.63, 3.8) is 0 Å². The number of hydrogen-bond donors (Lipinski definition) is 0. The minimum absolute atomic E-state index is 0.0447. The predicted molar refractivity (Wildman–Crippen MR) is 79.9 cm³/mol. The van der Waals surface area contributed by atoms with Crippen LogP contribution in [0.4, 0.5) is 13.2 Å². The van der Waals surface area contributed by atoms with E-state index in [0.29, 0.717) is 15.1 Å². The van der Waals surface area contributed by atoms with Gasteiger partial charge in [-0.2, -0.15) is 8.78 Å². The van der Waals surface area contributed by atoms with E-state index in [0.717, 1.165) is 0 Å². The molecule has 0 aliphatic heterocycles. The van der Waals surface area contributed by atoms with Crippen LogP contribution in [0.3, 0.4) is 0 Å². The second kappa shape index (κ2) is 6.90. The molecule has 0 bridgehead atoms. The van der Waals surface area contributed by atoms with Crippen LogP contribution in [0.5, 0.6) is 5.75 Å². The van der Waals surface area contributed by atoms with E-state index in [2.05, 4.69) is 20.7 Å². The molecule has 1 atom stereocenters. The summed E-state index contributed by atoms with van der Waals surface area (Å²) in [6.07, 6.45) is 0. The summed E-state index contributed by atoms with van der Waals surface area (Å²) < 4.78 is 43.1. The van der Waals surface area contributed by atoms with Gasteiger partial charge in [-0.25, -0.2) is 4.39 Å². The van der Waals surface area contributed by atoms with Crippen LogP contribution in [0.25, 0.3) is 0 Å².